The van der Waals surface area contributed by atoms with Gasteiger partial charge in [-0.15, -0.1) is 0 Å². The number of fused-ring (bicyclic) bond motifs is 3. The van der Waals surface area contributed by atoms with Crippen LogP contribution >= 0.6 is 0 Å². The van der Waals surface area contributed by atoms with Crippen LogP contribution in [-0.4, -0.2) is 81.2 Å². The van der Waals surface area contributed by atoms with Crippen molar-refractivity contribution in [3.05, 3.63) is 23.8 Å². The van der Waals surface area contributed by atoms with E-state index >= 15 is 0 Å². The molecule has 3 heterocycles. The monoisotopic (exact) mass is 561 g/mol. The van der Waals surface area contributed by atoms with E-state index in [1.165, 1.54) is 0 Å². The molecule has 0 aliphatic carbocycles. The molecule has 0 saturated carbocycles. The number of nitrogens with one attached hydrogen (secondary N) is 1. The first-order valence-electron chi connectivity index (χ1n) is 15.4. The summed E-state index contributed by atoms with van der Waals surface area (Å²) in [7, 11) is 3.34. The average molecular weight is 562 g/mol. The van der Waals surface area contributed by atoms with E-state index in [-0.39, 0.29) is 29.7 Å². The summed E-state index contributed by atoms with van der Waals surface area (Å²) in [6.45, 7) is 13.0. The van der Waals surface area contributed by atoms with Crippen LogP contribution < -0.4 is 20.5 Å². The van der Waals surface area contributed by atoms with Gasteiger partial charge in [-0.05, 0) is 86.6 Å². The average Bonchev–Trinajstić information content (AvgIpc) is 2.94. The molecule has 0 spiro atoms. The zero-order chi connectivity index (χ0) is 29.2. The highest BCUT2D eigenvalue weighted by molar-refractivity contribution is 5.79. The quantitative estimate of drug-likeness (QED) is 0.248. The number of hydrogen-bond donors (Lipinski definition) is 3. The lowest BCUT2D eigenvalue weighted by Crippen LogP contribution is -2.58. The minimum absolute atomic E-state index is 0.0664. The molecule has 3 aliphatic rings. The summed E-state index contributed by atoms with van der Waals surface area (Å²) < 4.78 is 16.6. The number of amides is 1. The van der Waals surface area contributed by atoms with Gasteiger partial charge in [0.15, 0.2) is 11.5 Å². The Hall–Kier alpha value is -1.87. The zero-order valence-corrected chi connectivity index (χ0v) is 25.7. The molecule has 5 atom stereocenters. The smallest absolute Gasteiger partial charge is 0.223 e. The molecule has 4 rings (SSSR count). The fourth-order valence-corrected chi connectivity index (χ4v) is 6.28. The van der Waals surface area contributed by atoms with Crippen molar-refractivity contribution in [3.63, 3.8) is 0 Å². The number of ether oxygens (including phenoxy) is 3. The van der Waals surface area contributed by atoms with Gasteiger partial charge in [-0.25, -0.2) is 0 Å². The molecule has 0 aromatic heterocycles. The molecule has 0 radical (unpaired) electrons. The van der Waals surface area contributed by atoms with Gasteiger partial charge in [-0.3, -0.25) is 4.79 Å². The van der Waals surface area contributed by atoms with E-state index in [0.717, 1.165) is 56.6 Å². The van der Waals surface area contributed by atoms with Gasteiger partial charge >= 0.3 is 0 Å². The molecule has 3 aliphatic heterocycles. The number of carbonyl (C=O) groups is 1. The second kappa shape index (κ2) is 15.9. The van der Waals surface area contributed by atoms with Gasteiger partial charge in [0.2, 0.25) is 5.91 Å². The third-order valence-electron chi connectivity index (χ3n) is 9.11. The lowest BCUT2D eigenvalue weighted by atomic mass is 9.80. The number of aliphatic hydroxyl groups is 1. The van der Waals surface area contributed by atoms with Crippen molar-refractivity contribution in [2.45, 2.75) is 84.4 Å². The van der Waals surface area contributed by atoms with E-state index in [2.05, 4.69) is 50.0 Å². The first-order chi connectivity index (χ1) is 19.1. The highest BCUT2D eigenvalue weighted by Gasteiger charge is 2.37. The lowest BCUT2D eigenvalue weighted by Gasteiger charge is -2.45. The SMILES string of the molecule is COCCCOc1cc(C[C@@H](C[C@H](N)[C@@H](O)C[C@H](C(=O)NC2CN3CCC2CC3)C(C)C)C(C)C)ccc1OC. The Kier molecular flexibility index (Phi) is 13.0. The Morgan fingerprint density at radius 2 is 1.80 bits per heavy atom. The summed E-state index contributed by atoms with van der Waals surface area (Å²) in [5, 5.41) is 14.5. The summed E-state index contributed by atoms with van der Waals surface area (Å²) in [4.78, 5) is 15.8. The number of nitrogens with zero attached hydrogens (tertiary/aromatic N) is 1. The van der Waals surface area contributed by atoms with Crippen molar-refractivity contribution in [2.75, 3.05) is 47.1 Å². The number of methoxy groups -OCH3 is 2. The number of carbonyl (C=O) groups excluding carboxylic acids is 1. The highest BCUT2D eigenvalue weighted by Crippen LogP contribution is 2.32. The number of benzene rings is 1. The van der Waals surface area contributed by atoms with E-state index in [1.54, 1.807) is 14.2 Å². The molecule has 8 nitrogen and oxygen atoms in total. The minimum atomic E-state index is -0.735. The van der Waals surface area contributed by atoms with Crippen LogP contribution in [0.5, 0.6) is 11.5 Å². The zero-order valence-electron chi connectivity index (χ0n) is 25.7. The summed E-state index contributed by atoms with van der Waals surface area (Å²) in [6.07, 6.45) is 4.29. The third kappa shape index (κ3) is 9.33. The number of piperidine rings is 3. The standard InChI is InChI=1S/C32H55N3O5/c1-21(2)25(16-23-8-9-30(39-6)31(17-23)40-15-7-14-38-5)18-27(33)29(36)19-26(22(3)4)32(37)34-28-20-35-12-10-24(28)11-13-35/h8-9,17,21-22,24-29,36H,7,10-16,18-20,33H2,1-6H3,(H,34,37)/t25-,26-,27-,28?,29-/m0/s1. The molecule has 228 valence electrons. The van der Waals surface area contributed by atoms with Gasteiger partial charge < -0.3 is 35.3 Å². The summed E-state index contributed by atoms with van der Waals surface area (Å²) in [5.41, 5.74) is 7.77. The van der Waals surface area contributed by atoms with Crippen molar-refractivity contribution in [2.24, 2.45) is 35.3 Å². The van der Waals surface area contributed by atoms with Gasteiger partial charge in [-0.2, -0.15) is 0 Å². The molecule has 8 heteroatoms. The summed E-state index contributed by atoms with van der Waals surface area (Å²) in [5.74, 6) is 2.62. The summed E-state index contributed by atoms with van der Waals surface area (Å²) >= 11 is 0. The fourth-order valence-electron chi connectivity index (χ4n) is 6.28. The van der Waals surface area contributed by atoms with E-state index in [9.17, 15) is 9.90 Å². The van der Waals surface area contributed by atoms with Crippen LogP contribution in [0.3, 0.4) is 0 Å². The molecule has 1 unspecified atom stereocenters. The van der Waals surface area contributed by atoms with Crippen LogP contribution in [-0.2, 0) is 16.0 Å². The van der Waals surface area contributed by atoms with Crippen molar-refractivity contribution in [1.29, 1.82) is 0 Å². The normalized spacial score (nSPS) is 23.6. The van der Waals surface area contributed by atoms with E-state index in [4.69, 9.17) is 19.9 Å². The number of rotatable bonds is 17. The molecule has 1 aromatic carbocycles. The Labute approximate surface area is 242 Å². The molecule has 4 N–H and O–H groups in total. The van der Waals surface area contributed by atoms with Crippen LogP contribution in [0, 0.1) is 29.6 Å². The Bertz CT molecular complexity index is 903. The van der Waals surface area contributed by atoms with Gasteiger partial charge in [0.25, 0.3) is 0 Å². The van der Waals surface area contributed by atoms with E-state index < -0.39 is 12.1 Å². The van der Waals surface area contributed by atoms with Crippen LogP contribution in [0.4, 0.5) is 0 Å². The van der Waals surface area contributed by atoms with Crippen molar-refractivity contribution < 1.29 is 24.1 Å². The Balaban J connectivity index is 1.58. The number of nitrogens with two attached hydrogens (primary N) is 1. The molecule has 3 fully saturated rings. The molecule has 2 bridgehead atoms. The van der Waals surface area contributed by atoms with Crippen molar-refractivity contribution in [3.8, 4) is 11.5 Å². The first-order valence-corrected chi connectivity index (χ1v) is 15.4. The molecule has 1 aromatic rings. The van der Waals surface area contributed by atoms with E-state index in [1.807, 2.05) is 6.07 Å². The van der Waals surface area contributed by atoms with Gasteiger partial charge in [0.05, 0.1) is 19.8 Å². The predicted octanol–water partition coefficient (Wildman–Crippen LogP) is 3.88. The van der Waals surface area contributed by atoms with Crippen molar-refractivity contribution >= 4 is 5.91 Å². The minimum Gasteiger partial charge on any atom is -0.493 e. The maximum Gasteiger partial charge on any atom is 0.223 e. The molecule has 40 heavy (non-hydrogen) atoms. The Morgan fingerprint density at radius 3 is 2.38 bits per heavy atom. The van der Waals surface area contributed by atoms with Crippen LogP contribution in [0.15, 0.2) is 18.2 Å². The fraction of sp³-hybridized carbons (Fsp3) is 0.781. The van der Waals surface area contributed by atoms with Crippen molar-refractivity contribution in [1.82, 2.24) is 10.2 Å². The Morgan fingerprint density at radius 1 is 1.07 bits per heavy atom. The topological polar surface area (TPSA) is 106 Å². The molecular weight excluding hydrogens is 506 g/mol. The van der Waals surface area contributed by atoms with Crippen LogP contribution in [0.2, 0.25) is 0 Å². The van der Waals surface area contributed by atoms with Gasteiger partial charge in [0, 0.05) is 44.7 Å². The molecule has 3 saturated heterocycles. The highest BCUT2D eigenvalue weighted by atomic mass is 16.5. The maximum absolute atomic E-state index is 13.3. The lowest BCUT2D eigenvalue weighted by molar-refractivity contribution is -0.129. The predicted molar refractivity (Wildman–Crippen MR) is 160 cm³/mol. The number of aliphatic hydroxyl groups excluding tert-OH is 1. The van der Waals surface area contributed by atoms with Gasteiger partial charge in [0.1, 0.15) is 0 Å². The van der Waals surface area contributed by atoms with Crippen LogP contribution in [0.25, 0.3) is 0 Å². The summed E-state index contributed by atoms with van der Waals surface area (Å²) in [6, 6.07) is 5.91. The van der Waals surface area contributed by atoms with Crippen LogP contribution in [0.1, 0.15) is 65.4 Å². The van der Waals surface area contributed by atoms with Gasteiger partial charge in [-0.1, -0.05) is 33.8 Å². The number of hydrogen-bond acceptors (Lipinski definition) is 7. The maximum atomic E-state index is 13.3. The first kappa shape index (κ1) is 32.6. The molecule has 1 amide bonds. The second-order valence-corrected chi connectivity index (χ2v) is 12.7. The molecular formula is C32H55N3O5. The second-order valence-electron chi connectivity index (χ2n) is 12.7. The van der Waals surface area contributed by atoms with E-state index in [0.29, 0.717) is 43.6 Å². The third-order valence-corrected chi connectivity index (χ3v) is 9.11. The largest absolute Gasteiger partial charge is 0.493 e.